The van der Waals surface area contributed by atoms with Gasteiger partial charge in [0, 0.05) is 17.1 Å². The molecule has 0 unspecified atom stereocenters. The van der Waals surface area contributed by atoms with Crippen molar-refractivity contribution in [2.24, 2.45) is 0 Å². The highest BCUT2D eigenvalue weighted by Gasteiger charge is 2.08. The van der Waals surface area contributed by atoms with E-state index in [2.05, 4.69) is 12.0 Å². The highest BCUT2D eigenvalue weighted by atomic mass is 16.3. The summed E-state index contributed by atoms with van der Waals surface area (Å²) in [4.78, 5) is 0. The predicted octanol–water partition coefficient (Wildman–Crippen LogP) is 2.64. The van der Waals surface area contributed by atoms with Crippen LogP contribution in [0.5, 0.6) is 0 Å². The van der Waals surface area contributed by atoms with E-state index < -0.39 is 0 Å². The van der Waals surface area contributed by atoms with E-state index in [4.69, 9.17) is 4.42 Å². The van der Waals surface area contributed by atoms with Crippen LogP contribution in [0.25, 0.3) is 16.5 Å². The third-order valence-corrected chi connectivity index (χ3v) is 2.56. The Kier molecular flexibility index (Phi) is 1.42. The van der Waals surface area contributed by atoms with Gasteiger partial charge in [0.25, 0.3) is 0 Å². The van der Waals surface area contributed by atoms with E-state index >= 15 is 0 Å². The summed E-state index contributed by atoms with van der Waals surface area (Å²) in [7, 11) is 0. The lowest BCUT2D eigenvalue weighted by Crippen LogP contribution is -1.86. The highest BCUT2D eigenvalue weighted by Crippen LogP contribution is 2.23. The fraction of sp³-hybridized carbons (Fsp3) is 0.182. The first-order chi connectivity index (χ1) is 6.90. The van der Waals surface area contributed by atoms with Crippen LogP contribution in [0.1, 0.15) is 12.5 Å². The molecule has 3 heterocycles. The Balaban J connectivity index is 2.58. The zero-order chi connectivity index (χ0) is 9.54. The smallest absolute Gasteiger partial charge is 0.159 e. The monoisotopic (exact) mass is 186 g/mol. The van der Waals surface area contributed by atoms with Crippen molar-refractivity contribution < 1.29 is 4.42 Å². The van der Waals surface area contributed by atoms with Gasteiger partial charge in [0.1, 0.15) is 5.52 Å². The minimum Gasteiger partial charge on any atom is -0.462 e. The lowest BCUT2D eigenvalue weighted by molar-refractivity contribution is 0.616. The Morgan fingerprint density at radius 1 is 1.43 bits per heavy atom. The normalized spacial score (nSPS) is 11.5. The van der Waals surface area contributed by atoms with Crippen molar-refractivity contribution in [3.63, 3.8) is 0 Å². The quantitative estimate of drug-likeness (QED) is 0.584. The Morgan fingerprint density at radius 3 is 3.21 bits per heavy atom. The molecule has 3 heteroatoms. The molecule has 0 fully saturated rings. The molecule has 0 aliphatic rings. The Labute approximate surface area is 80.9 Å². The van der Waals surface area contributed by atoms with E-state index in [0.29, 0.717) is 0 Å². The van der Waals surface area contributed by atoms with Crippen LogP contribution in [0.2, 0.25) is 0 Å². The van der Waals surface area contributed by atoms with Crippen molar-refractivity contribution >= 4 is 16.5 Å². The molecule has 0 saturated heterocycles. The second kappa shape index (κ2) is 2.61. The summed E-state index contributed by atoms with van der Waals surface area (Å²) in [5.41, 5.74) is 3.25. The number of hydrogen-bond donors (Lipinski definition) is 0. The van der Waals surface area contributed by atoms with Crippen molar-refractivity contribution in [3.05, 3.63) is 36.4 Å². The maximum absolute atomic E-state index is 5.47. The van der Waals surface area contributed by atoms with Gasteiger partial charge in [-0.05, 0) is 18.6 Å². The lowest BCUT2D eigenvalue weighted by atomic mass is 10.2. The van der Waals surface area contributed by atoms with Gasteiger partial charge in [-0.1, -0.05) is 6.92 Å². The molecule has 0 radical (unpaired) electrons. The first kappa shape index (κ1) is 7.62. The SMILES string of the molecule is CCc1cnn2ccc3ccoc3c12. The molecule has 0 bridgehead atoms. The fourth-order valence-electron chi connectivity index (χ4n) is 1.81. The topological polar surface area (TPSA) is 30.4 Å². The average molecular weight is 186 g/mol. The van der Waals surface area contributed by atoms with E-state index in [1.807, 2.05) is 29.0 Å². The van der Waals surface area contributed by atoms with Crippen molar-refractivity contribution in [3.8, 4) is 0 Å². The number of aromatic nitrogens is 2. The van der Waals surface area contributed by atoms with Crippen molar-refractivity contribution in [2.45, 2.75) is 13.3 Å². The Hall–Kier alpha value is -1.77. The second-order valence-corrected chi connectivity index (χ2v) is 3.34. The number of aryl methyl sites for hydroxylation is 1. The number of nitrogens with zero attached hydrogens (tertiary/aromatic N) is 2. The molecule has 0 N–H and O–H groups in total. The highest BCUT2D eigenvalue weighted by molar-refractivity contribution is 5.92. The summed E-state index contributed by atoms with van der Waals surface area (Å²) in [5.74, 6) is 0. The number of hydrogen-bond acceptors (Lipinski definition) is 2. The van der Waals surface area contributed by atoms with Crippen LogP contribution in [0.15, 0.2) is 35.2 Å². The molecule has 0 amide bonds. The van der Waals surface area contributed by atoms with E-state index in [0.717, 1.165) is 22.9 Å². The van der Waals surface area contributed by atoms with Crippen LogP contribution in [0.3, 0.4) is 0 Å². The second-order valence-electron chi connectivity index (χ2n) is 3.34. The third-order valence-electron chi connectivity index (χ3n) is 2.56. The van der Waals surface area contributed by atoms with Crippen molar-refractivity contribution in [2.75, 3.05) is 0 Å². The van der Waals surface area contributed by atoms with E-state index in [9.17, 15) is 0 Å². The molecular weight excluding hydrogens is 176 g/mol. The van der Waals surface area contributed by atoms with Gasteiger partial charge in [-0.2, -0.15) is 5.10 Å². The standard InChI is InChI=1S/C11H10N2O/c1-2-8-7-12-13-5-3-9-4-6-14-11(9)10(8)13/h3-7H,2H2,1H3. The predicted molar refractivity (Wildman–Crippen MR) is 54.3 cm³/mol. The number of rotatable bonds is 1. The largest absolute Gasteiger partial charge is 0.462 e. The summed E-state index contributed by atoms with van der Waals surface area (Å²) < 4.78 is 7.34. The van der Waals surface area contributed by atoms with Gasteiger partial charge < -0.3 is 4.42 Å². The minimum atomic E-state index is 0.932. The van der Waals surface area contributed by atoms with Crippen LogP contribution in [0, 0.1) is 0 Å². The van der Waals surface area contributed by atoms with Gasteiger partial charge in [0.2, 0.25) is 0 Å². The van der Waals surface area contributed by atoms with Gasteiger partial charge in [0.15, 0.2) is 5.58 Å². The molecule has 0 spiro atoms. The molecule has 3 rings (SSSR count). The molecule has 0 aliphatic heterocycles. The van der Waals surface area contributed by atoms with Crippen LogP contribution in [-0.4, -0.2) is 9.61 Å². The molecule has 3 aromatic heterocycles. The van der Waals surface area contributed by atoms with Gasteiger partial charge in [0.05, 0.1) is 12.5 Å². The molecule has 3 aromatic rings. The van der Waals surface area contributed by atoms with Gasteiger partial charge in [-0.25, -0.2) is 4.52 Å². The van der Waals surface area contributed by atoms with E-state index in [1.54, 1.807) is 6.26 Å². The average Bonchev–Trinajstić information content (AvgIpc) is 2.82. The first-order valence-corrected chi connectivity index (χ1v) is 4.72. The van der Waals surface area contributed by atoms with E-state index in [1.165, 1.54) is 5.56 Å². The zero-order valence-corrected chi connectivity index (χ0v) is 7.90. The molecule has 70 valence electrons. The van der Waals surface area contributed by atoms with Crippen LogP contribution >= 0.6 is 0 Å². The van der Waals surface area contributed by atoms with Crippen LogP contribution in [0.4, 0.5) is 0 Å². The molecule has 14 heavy (non-hydrogen) atoms. The molecular formula is C11H10N2O. The van der Waals surface area contributed by atoms with Gasteiger partial charge in [-0.15, -0.1) is 0 Å². The van der Waals surface area contributed by atoms with Crippen molar-refractivity contribution in [1.29, 1.82) is 0 Å². The summed E-state index contributed by atoms with van der Waals surface area (Å²) in [6.07, 6.45) is 6.56. The maximum Gasteiger partial charge on any atom is 0.159 e. The van der Waals surface area contributed by atoms with Gasteiger partial charge in [-0.3, -0.25) is 0 Å². The Morgan fingerprint density at radius 2 is 2.36 bits per heavy atom. The van der Waals surface area contributed by atoms with Gasteiger partial charge >= 0.3 is 0 Å². The van der Waals surface area contributed by atoms with Crippen LogP contribution < -0.4 is 0 Å². The molecule has 0 saturated carbocycles. The first-order valence-electron chi connectivity index (χ1n) is 4.72. The van der Waals surface area contributed by atoms with Crippen molar-refractivity contribution in [1.82, 2.24) is 9.61 Å². The molecule has 3 nitrogen and oxygen atoms in total. The maximum atomic E-state index is 5.47. The summed E-state index contributed by atoms with van der Waals surface area (Å²) in [6.45, 7) is 2.12. The summed E-state index contributed by atoms with van der Waals surface area (Å²) in [6, 6.07) is 3.99. The van der Waals surface area contributed by atoms with E-state index in [-0.39, 0.29) is 0 Å². The summed E-state index contributed by atoms with van der Waals surface area (Å²) >= 11 is 0. The zero-order valence-electron chi connectivity index (χ0n) is 7.90. The molecule has 0 atom stereocenters. The fourth-order valence-corrected chi connectivity index (χ4v) is 1.81. The number of furan rings is 1. The third kappa shape index (κ3) is 0.839. The number of pyridine rings is 1. The molecule has 0 aliphatic carbocycles. The minimum absolute atomic E-state index is 0.932. The lowest BCUT2D eigenvalue weighted by Gasteiger charge is -1.96. The van der Waals surface area contributed by atoms with Crippen LogP contribution in [-0.2, 0) is 6.42 Å². The number of fused-ring (bicyclic) bond motifs is 3. The molecule has 0 aromatic carbocycles. The Bertz CT molecular complexity index is 591. The summed E-state index contributed by atoms with van der Waals surface area (Å²) in [5, 5.41) is 5.41.